The monoisotopic (exact) mass is 328 g/mol. The molecule has 1 aliphatic heterocycles. The first kappa shape index (κ1) is 17.0. The summed E-state index contributed by atoms with van der Waals surface area (Å²) in [6.45, 7) is 8.46. The molecule has 130 valence electrons. The Morgan fingerprint density at radius 3 is 2.42 bits per heavy atom. The predicted molar refractivity (Wildman–Crippen MR) is 96.3 cm³/mol. The number of ether oxygens (including phenoxy) is 1. The molecule has 0 N–H and O–H groups in total. The van der Waals surface area contributed by atoms with E-state index in [1.54, 1.807) is 7.11 Å². The smallest absolute Gasteiger partial charge is 0.118 e. The molecular formula is C19H28N4O. The molecule has 1 aromatic carbocycles. The van der Waals surface area contributed by atoms with Crippen LogP contribution in [-0.4, -0.2) is 53.4 Å². The highest BCUT2D eigenvalue weighted by Crippen LogP contribution is 2.27. The summed E-state index contributed by atoms with van der Waals surface area (Å²) in [6, 6.07) is 8.89. The first-order valence-corrected chi connectivity index (χ1v) is 8.55. The molecule has 24 heavy (non-hydrogen) atoms. The first-order chi connectivity index (χ1) is 11.5. The predicted octanol–water partition coefficient (Wildman–Crippen LogP) is 2.53. The molecule has 0 unspecified atom stereocenters. The maximum Gasteiger partial charge on any atom is 0.118 e. The van der Waals surface area contributed by atoms with Crippen molar-refractivity contribution in [1.82, 2.24) is 19.6 Å². The van der Waals surface area contributed by atoms with Crippen molar-refractivity contribution in [2.45, 2.75) is 26.4 Å². The van der Waals surface area contributed by atoms with Crippen LogP contribution in [0.2, 0.25) is 0 Å². The number of piperazine rings is 1. The Hall–Kier alpha value is -1.85. The molecule has 3 rings (SSSR count). The molecule has 0 amide bonds. The Balaban J connectivity index is 1.75. The number of aryl methyl sites for hydroxylation is 2. The van der Waals surface area contributed by atoms with Gasteiger partial charge in [0.05, 0.1) is 12.8 Å². The van der Waals surface area contributed by atoms with Crippen molar-refractivity contribution in [1.29, 1.82) is 0 Å². The molecule has 0 spiro atoms. The zero-order valence-electron chi connectivity index (χ0n) is 15.4. The number of aromatic nitrogens is 2. The lowest BCUT2D eigenvalue weighted by Crippen LogP contribution is -2.46. The normalized spacial score (nSPS) is 19.6. The Kier molecular flexibility index (Phi) is 4.92. The summed E-state index contributed by atoms with van der Waals surface area (Å²) < 4.78 is 7.27. The molecule has 0 bridgehead atoms. The van der Waals surface area contributed by atoms with Crippen molar-refractivity contribution >= 4 is 0 Å². The van der Waals surface area contributed by atoms with E-state index >= 15 is 0 Å². The summed E-state index contributed by atoms with van der Waals surface area (Å²) >= 11 is 0. The van der Waals surface area contributed by atoms with E-state index in [4.69, 9.17) is 4.74 Å². The zero-order valence-corrected chi connectivity index (χ0v) is 15.4. The van der Waals surface area contributed by atoms with Crippen LogP contribution in [-0.2, 0) is 13.6 Å². The van der Waals surface area contributed by atoms with Crippen molar-refractivity contribution in [2.75, 3.05) is 33.8 Å². The van der Waals surface area contributed by atoms with E-state index in [0.29, 0.717) is 6.04 Å². The molecule has 1 saturated heterocycles. The van der Waals surface area contributed by atoms with Crippen LogP contribution in [0.1, 0.15) is 28.6 Å². The van der Waals surface area contributed by atoms with Gasteiger partial charge in [0.25, 0.3) is 0 Å². The van der Waals surface area contributed by atoms with Crippen LogP contribution in [0.25, 0.3) is 0 Å². The second-order valence-corrected chi connectivity index (χ2v) is 6.78. The summed E-state index contributed by atoms with van der Waals surface area (Å²) in [5.41, 5.74) is 5.14. The summed E-state index contributed by atoms with van der Waals surface area (Å²) in [7, 11) is 5.95. The maximum absolute atomic E-state index is 5.28. The summed E-state index contributed by atoms with van der Waals surface area (Å²) in [6.07, 6.45) is 0. The fraction of sp³-hybridized carbons (Fsp3) is 0.526. The second-order valence-electron chi connectivity index (χ2n) is 6.78. The van der Waals surface area contributed by atoms with Crippen LogP contribution in [0.4, 0.5) is 0 Å². The molecule has 1 fully saturated rings. The third kappa shape index (κ3) is 3.32. The molecule has 5 nitrogen and oxygen atoms in total. The van der Waals surface area contributed by atoms with Crippen LogP contribution < -0.4 is 4.74 Å². The lowest BCUT2D eigenvalue weighted by Gasteiger charge is -2.39. The minimum atomic E-state index is 0.418. The minimum absolute atomic E-state index is 0.418. The van der Waals surface area contributed by atoms with E-state index in [-0.39, 0.29) is 0 Å². The van der Waals surface area contributed by atoms with Gasteiger partial charge < -0.3 is 4.74 Å². The number of likely N-dealkylation sites (N-methyl/N-ethyl adjacent to an activating group) is 1. The molecule has 2 heterocycles. The van der Waals surface area contributed by atoms with Gasteiger partial charge in [0, 0.05) is 50.5 Å². The molecular weight excluding hydrogens is 300 g/mol. The van der Waals surface area contributed by atoms with Gasteiger partial charge in [-0.3, -0.25) is 14.5 Å². The fourth-order valence-corrected chi connectivity index (χ4v) is 3.53. The van der Waals surface area contributed by atoms with E-state index < -0.39 is 0 Å². The van der Waals surface area contributed by atoms with Gasteiger partial charge in [0.2, 0.25) is 0 Å². The summed E-state index contributed by atoms with van der Waals surface area (Å²) in [5.74, 6) is 0.913. The van der Waals surface area contributed by atoms with Crippen LogP contribution in [0.3, 0.4) is 0 Å². The van der Waals surface area contributed by atoms with E-state index in [0.717, 1.165) is 37.6 Å². The van der Waals surface area contributed by atoms with Gasteiger partial charge in [-0.2, -0.15) is 5.10 Å². The third-order valence-electron chi connectivity index (χ3n) is 5.27. The molecule has 1 aliphatic rings. The van der Waals surface area contributed by atoms with Gasteiger partial charge in [0.15, 0.2) is 0 Å². The largest absolute Gasteiger partial charge is 0.497 e. The fourth-order valence-electron chi connectivity index (χ4n) is 3.53. The SMILES string of the molecule is COc1ccc([C@H]2CN(Cc3c(C)nn(C)c3C)CCN2C)cc1. The van der Waals surface area contributed by atoms with Crippen molar-refractivity contribution < 1.29 is 4.74 Å². The van der Waals surface area contributed by atoms with Gasteiger partial charge in [-0.1, -0.05) is 12.1 Å². The Morgan fingerprint density at radius 2 is 1.83 bits per heavy atom. The van der Waals surface area contributed by atoms with Crippen molar-refractivity contribution in [3.63, 3.8) is 0 Å². The molecule has 5 heteroatoms. The number of nitrogens with zero attached hydrogens (tertiary/aromatic N) is 4. The van der Waals surface area contributed by atoms with Crippen molar-refractivity contribution in [2.24, 2.45) is 7.05 Å². The third-order valence-corrected chi connectivity index (χ3v) is 5.27. The van der Waals surface area contributed by atoms with Crippen LogP contribution in [0, 0.1) is 13.8 Å². The first-order valence-electron chi connectivity index (χ1n) is 8.55. The summed E-state index contributed by atoms with van der Waals surface area (Å²) in [4.78, 5) is 4.99. The molecule has 0 radical (unpaired) electrons. The topological polar surface area (TPSA) is 33.5 Å². The molecule has 2 aromatic rings. The quantitative estimate of drug-likeness (QED) is 0.864. The lowest BCUT2D eigenvalue weighted by atomic mass is 10.0. The van der Waals surface area contributed by atoms with Crippen molar-refractivity contribution in [3.8, 4) is 5.75 Å². The highest BCUT2D eigenvalue weighted by atomic mass is 16.5. The Bertz CT molecular complexity index is 692. The number of hydrogen-bond acceptors (Lipinski definition) is 4. The van der Waals surface area contributed by atoms with E-state index in [2.05, 4.69) is 60.1 Å². The lowest BCUT2D eigenvalue weighted by molar-refractivity contribution is 0.0902. The number of hydrogen-bond donors (Lipinski definition) is 0. The van der Waals surface area contributed by atoms with Gasteiger partial charge in [0.1, 0.15) is 5.75 Å². The highest BCUT2D eigenvalue weighted by Gasteiger charge is 2.26. The Labute approximate surface area is 144 Å². The zero-order chi connectivity index (χ0) is 17.3. The number of rotatable bonds is 4. The maximum atomic E-state index is 5.28. The molecule has 0 aliphatic carbocycles. The molecule has 1 aromatic heterocycles. The summed E-state index contributed by atoms with van der Waals surface area (Å²) in [5, 5.41) is 4.55. The average Bonchev–Trinajstić information content (AvgIpc) is 2.83. The van der Waals surface area contributed by atoms with Crippen LogP contribution in [0.15, 0.2) is 24.3 Å². The van der Waals surface area contributed by atoms with Gasteiger partial charge >= 0.3 is 0 Å². The van der Waals surface area contributed by atoms with Gasteiger partial charge in [-0.05, 0) is 38.6 Å². The van der Waals surface area contributed by atoms with Gasteiger partial charge in [-0.15, -0.1) is 0 Å². The number of benzene rings is 1. The Morgan fingerprint density at radius 1 is 1.12 bits per heavy atom. The van der Waals surface area contributed by atoms with Crippen LogP contribution in [0.5, 0.6) is 5.75 Å². The standard InChI is InChI=1S/C19H28N4O/c1-14-18(15(2)22(4)20-14)12-23-11-10-21(3)19(13-23)16-6-8-17(24-5)9-7-16/h6-9,19H,10-13H2,1-5H3/t19-/m1/s1. The highest BCUT2D eigenvalue weighted by molar-refractivity contribution is 5.30. The van der Waals surface area contributed by atoms with E-state index in [9.17, 15) is 0 Å². The molecule has 1 atom stereocenters. The van der Waals surface area contributed by atoms with Crippen molar-refractivity contribution in [3.05, 3.63) is 46.8 Å². The minimum Gasteiger partial charge on any atom is -0.497 e. The average molecular weight is 328 g/mol. The van der Waals surface area contributed by atoms with Gasteiger partial charge in [-0.25, -0.2) is 0 Å². The molecule has 0 saturated carbocycles. The van der Waals surface area contributed by atoms with E-state index in [1.807, 2.05) is 11.7 Å². The van der Waals surface area contributed by atoms with E-state index in [1.165, 1.54) is 16.8 Å². The second kappa shape index (κ2) is 6.95. The van der Waals surface area contributed by atoms with Crippen LogP contribution >= 0.6 is 0 Å². The number of methoxy groups -OCH3 is 1.